The summed E-state index contributed by atoms with van der Waals surface area (Å²) in [7, 11) is 0. The van der Waals surface area contributed by atoms with E-state index in [4.69, 9.17) is 21.1 Å². The minimum Gasteiger partial charge on any atom is -0.478 e. The number of rotatable bonds is 3. The number of esters is 1. The minimum absolute atomic E-state index is 0.0296. The number of fused-ring (bicyclic) bond motifs is 1. The SMILES string of the molecule is CC1c2ccccc2OC1C(=O)OCc1cccnc1Cl. The Bertz CT molecular complexity index is 674. The number of carbonyl (C=O) groups excluding carboxylic acids is 1. The fourth-order valence-corrected chi connectivity index (χ4v) is 2.55. The Morgan fingerprint density at radius 2 is 2.14 bits per heavy atom. The summed E-state index contributed by atoms with van der Waals surface area (Å²) in [6.45, 7) is 2.04. The van der Waals surface area contributed by atoms with Gasteiger partial charge in [0.1, 0.15) is 17.5 Å². The first-order valence-corrected chi connectivity index (χ1v) is 7.06. The average Bonchev–Trinajstić information content (AvgIpc) is 2.84. The Hall–Kier alpha value is -2.07. The van der Waals surface area contributed by atoms with Crippen molar-refractivity contribution in [2.45, 2.75) is 25.6 Å². The molecule has 4 nitrogen and oxygen atoms in total. The number of halogens is 1. The van der Waals surface area contributed by atoms with Crippen molar-refractivity contribution < 1.29 is 14.3 Å². The lowest BCUT2D eigenvalue weighted by Crippen LogP contribution is -2.29. The number of hydrogen-bond acceptors (Lipinski definition) is 4. The second kappa shape index (κ2) is 5.74. The van der Waals surface area contributed by atoms with Crippen LogP contribution in [0.2, 0.25) is 5.15 Å². The van der Waals surface area contributed by atoms with E-state index in [9.17, 15) is 4.79 Å². The second-order valence-electron chi connectivity index (χ2n) is 4.93. The Balaban J connectivity index is 1.67. The molecular weight excluding hydrogens is 290 g/mol. The van der Waals surface area contributed by atoms with Gasteiger partial charge in [-0.15, -0.1) is 0 Å². The number of benzene rings is 1. The van der Waals surface area contributed by atoms with Gasteiger partial charge in [0.2, 0.25) is 6.10 Å². The zero-order valence-corrected chi connectivity index (χ0v) is 12.2. The molecule has 0 bridgehead atoms. The Labute approximate surface area is 127 Å². The molecule has 0 aliphatic carbocycles. The molecule has 1 aromatic carbocycles. The third-order valence-corrected chi connectivity index (χ3v) is 3.90. The highest BCUT2D eigenvalue weighted by Gasteiger charge is 2.37. The zero-order valence-electron chi connectivity index (χ0n) is 11.5. The molecule has 2 unspecified atom stereocenters. The minimum atomic E-state index is -0.613. The van der Waals surface area contributed by atoms with Gasteiger partial charge in [0.25, 0.3) is 0 Å². The van der Waals surface area contributed by atoms with Crippen molar-refractivity contribution in [1.29, 1.82) is 0 Å². The van der Waals surface area contributed by atoms with Gasteiger partial charge >= 0.3 is 5.97 Å². The Morgan fingerprint density at radius 1 is 1.33 bits per heavy atom. The molecule has 3 rings (SSSR count). The highest BCUT2D eigenvalue weighted by atomic mass is 35.5. The summed E-state index contributed by atoms with van der Waals surface area (Å²) in [6.07, 6.45) is 0.977. The number of para-hydroxylation sites is 1. The first-order valence-electron chi connectivity index (χ1n) is 6.68. The molecule has 0 radical (unpaired) electrons. The molecule has 2 atom stereocenters. The van der Waals surface area contributed by atoms with E-state index in [1.54, 1.807) is 18.3 Å². The predicted octanol–water partition coefficient (Wildman–Crippen LogP) is 3.34. The predicted molar refractivity (Wildman–Crippen MR) is 78.3 cm³/mol. The number of nitrogens with zero attached hydrogens (tertiary/aromatic N) is 1. The standard InChI is InChI=1S/C16H14ClNO3/c1-10-12-6-2-3-7-13(12)21-14(10)16(19)20-9-11-5-4-8-18-15(11)17/h2-8,10,14H,9H2,1H3. The van der Waals surface area contributed by atoms with Gasteiger partial charge in [-0.25, -0.2) is 9.78 Å². The van der Waals surface area contributed by atoms with Gasteiger partial charge < -0.3 is 9.47 Å². The molecule has 0 saturated carbocycles. The Morgan fingerprint density at radius 3 is 2.90 bits per heavy atom. The van der Waals surface area contributed by atoms with Gasteiger partial charge in [-0.05, 0) is 12.1 Å². The van der Waals surface area contributed by atoms with Crippen LogP contribution in [0.25, 0.3) is 0 Å². The fourth-order valence-electron chi connectivity index (χ4n) is 2.38. The van der Waals surface area contributed by atoms with Crippen molar-refractivity contribution in [2.75, 3.05) is 0 Å². The monoisotopic (exact) mass is 303 g/mol. The maximum atomic E-state index is 12.2. The van der Waals surface area contributed by atoms with E-state index in [0.29, 0.717) is 10.7 Å². The molecule has 0 fully saturated rings. The lowest BCUT2D eigenvalue weighted by Gasteiger charge is -2.14. The zero-order chi connectivity index (χ0) is 14.8. The molecule has 2 heterocycles. The van der Waals surface area contributed by atoms with E-state index in [0.717, 1.165) is 11.3 Å². The summed E-state index contributed by atoms with van der Waals surface area (Å²) < 4.78 is 11.0. The number of aromatic nitrogens is 1. The van der Waals surface area contributed by atoms with Gasteiger partial charge in [-0.2, -0.15) is 0 Å². The molecule has 0 N–H and O–H groups in total. The van der Waals surface area contributed by atoms with Crippen LogP contribution in [-0.4, -0.2) is 17.1 Å². The molecule has 21 heavy (non-hydrogen) atoms. The maximum Gasteiger partial charge on any atom is 0.348 e. The molecule has 2 aromatic rings. The van der Waals surface area contributed by atoms with Crippen LogP contribution in [0.15, 0.2) is 42.6 Å². The van der Waals surface area contributed by atoms with Gasteiger partial charge in [0.05, 0.1) is 0 Å². The maximum absolute atomic E-state index is 12.2. The highest BCUT2D eigenvalue weighted by molar-refractivity contribution is 6.30. The van der Waals surface area contributed by atoms with Gasteiger partial charge in [0, 0.05) is 23.2 Å². The second-order valence-corrected chi connectivity index (χ2v) is 5.28. The lowest BCUT2D eigenvalue weighted by molar-refractivity contribution is -0.153. The van der Waals surface area contributed by atoms with Crippen LogP contribution < -0.4 is 4.74 Å². The van der Waals surface area contributed by atoms with Gasteiger partial charge in [0.15, 0.2) is 0 Å². The van der Waals surface area contributed by atoms with Crippen LogP contribution in [0.5, 0.6) is 5.75 Å². The number of carbonyl (C=O) groups is 1. The molecular formula is C16H14ClNO3. The Kier molecular flexibility index (Phi) is 3.80. The van der Waals surface area contributed by atoms with Crippen LogP contribution in [-0.2, 0) is 16.1 Å². The summed E-state index contributed by atoms with van der Waals surface area (Å²) in [4.78, 5) is 16.1. The summed E-state index contributed by atoms with van der Waals surface area (Å²) in [5.41, 5.74) is 1.70. The molecule has 1 aromatic heterocycles. The summed E-state index contributed by atoms with van der Waals surface area (Å²) in [5, 5.41) is 0.342. The molecule has 0 spiro atoms. The van der Waals surface area contributed by atoms with E-state index in [1.807, 2.05) is 31.2 Å². The third kappa shape index (κ3) is 2.72. The van der Waals surface area contributed by atoms with Crippen molar-refractivity contribution >= 4 is 17.6 Å². The molecule has 5 heteroatoms. The molecule has 1 aliphatic heterocycles. The lowest BCUT2D eigenvalue weighted by atomic mass is 9.98. The van der Waals surface area contributed by atoms with E-state index < -0.39 is 12.1 Å². The van der Waals surface area contributed by atoms with Crippen molar-refractivity contribution in [3.8, 4) is 5.75 Å². The van der Waals surface area contributed by atoms with Crippen LogP contribution in [0.1, 0.15) is 24.0 Å². The first-order chi connectivity index (χ1) is 10.2. The average molecular weight is 304 g/mol. The van der Waals surface area contributed by atoms with Crippen LogP contribution in [0.4, 0.5) is 0 Å². The third-order valence-electron chi connectivity index (χ3n) is 3.56. The van der Waals surface area contributed by atoms with Crippen molar-refractivity contribution in [3.05, 3.63) is 58.9 Å². The van der Waals surface area contributed by atoms with Gasteiger partial charge in [-0.1, -0.05) is 42.8 Å². The smallest absolute Gasteiger partial charge is 0.348 e. The van der Waals surface area contributed by atoms with Crippen molar-refractivity contribution in [3.63, 3.8) is 0 Å². The van der Waals surface area contributed by atoms with Gasteiger partial charge in [-0.3, -0.25) is 0 Å². The summed E-state index contributed by atoms with van der Waals surface area (Å²) >= 11 is 5.94. The van der Waals surface area contributed by atoms with Crippen molar-refractivity contribution in [1.82, 2.24) is 4.98 Å². The van der Waals surface area contributed by atoms with Crippen molar-refractivity contribution in [2.24, 2.45) is 0 Å². The summed E-state index contributed by atoms with van der Waals surface area (Å²) in [6, 6.07) is 11.2. The van der Waals surface area contributed by atoms with E-state index in [2.05, 4.69) is 4.98 Å². The quantitative estimate of drug-likeness (QED) is 0.644. The fraction of sp³-hybridized carbons (Fsp3) is 0.250. The van der Waals surface area contributed by atoms with Crippen LogP contribution in [0.3, 0.4) is 0 Å². The van der Waals surface area contributed by atoms with Crippen LogP contribution >= 0.6 is 11.6 Å². The molecule has 1 aliphatic rings. The number of hydrogen-bond donors (Lipinski definition) is 0. The first kappa shape index (κ1) is 13.9. The highest BCUT2D eigenvalue weighted by Crippen LogP contribution is 2.38. The molecule has 108 valence electrons. The largest absolute Gasteiger partial charge is 0.478 e. The summed E-state index contributed by atoms with van der Waals surface area (Å²) in [5.74, 6) is 0.322. The van der Waals surface area contributed by atoms with Crippen LogP contribution in [0, 0.1) is 0 Å². The van der Waals surface area contributed by atoms with E-state index >= 15 is 0 Å². The number of pyridine rings is 1. The van der Waals surface area contributed by atoms with E-state index in [1.165, 1.54) is 0 Å². The topological polar surface area (TPSA) is 48.4 Å². The molecule has 0 amide bonds. The normalized spacial score (nSPS) is 19.7. The van der Waals surface area contributed by atoms with E-state index in [-0.39, 0.29) is 12.5 Å². The molecule has 0 saturated heterocycles. The number of ether oxygens (including phenoxy) is 2.